The lowest BCUT2D eigenvalue weighted by Gasteiger charge is -1.99. The van der Waals surface area contributed by atoms with Gasteiger partial charge >= 0.3 is 0 Å². The summed E-state index contributed by atoms with van der Waals surface area (Å²) >= 11 is 0. The van der Waals surface area contributed by atoms with Gasteiger partial charge in [0.25, 0.3) is 0 Å². The first-order valence-corrected chi connectivity index (χ1v) is 3.92. The Bertz CT molecular complexity index is 262. The number of ether oxygens (including phenoxy) is 1. The minimum Gasteiger partial charge on any atom is -0.475 e. The monoisotopic (exact) mass is 134 g/mol. The fourth-order valence-corrected chi connectivity index (χ4v) is 2.40. The number of hydrogen-bond acceptors (Lipinski definition) is 1. The molecule has 0 amide bonds. The summed E-state index contributed by atoms with van der Waals surface area (Å²) in [7, 11) is 0. The number of epoxide rings is 1. The van der Waals surface area contributed by atoms with Crippen molar-refractivity contribution in [3.05, 3.63) is 23.5 Å². The molecule has 1 nitrogen and oxygen atoms in total. The van der Waals surface area contributed by atoms with Crippen LogP contribution in [0.2, 0.25) is 0 Å². The molecule has 0 radical (unpaired) electrons. The third-order valence-corrected chi connectivity index (χ3v) is 2.93. The van der Waals surface area contributed by atoms with E-state index in [1.165, 1.54) is 24.2 Å². The Labute approximate surface area is 60.4 Å². The molecule has 2 atom stereocenters. The smallest absolute Gasteiger partial charge is 0.186 e. The average Bonchev–Trinajstić information content (AvgIpc) is 2.36. The van der Waals surface area contributed by atoms with Gasteiger partial charge in [-0.05, 0) is 30.9 Å². The van der Waals surface area contributed by atoms with Crippen LogP contribution in [0.5, 0.6) is 0 Å². The molecular weight excluding hydrogens is 124 g/mol. The molecule has 1 heteroatoms. The predicted molar refractivity (Wildman–Crippen MR) is 38.4 cm³/mol. The SMILES string of the molecule is CC=C1CC2C=C3OC13C2. The molecule has 2 unspecified atom stereocenters. The summed E-state index contributed by atoms with van der Waals surface area (Å²) in [5.74, 6) is 2.08. The normalized spacial score (nSPS) is 50.7. The van der Waals surface area contributed by atoms with Crippen LogP contribution in [0.1, 0.15) is 19.8 Å². The highest BCUT2D eigenvalue weighted by Gasteiger charge is 2.64. The van der Waals surface area contributed by atoms with Crippen LogP contribution in [0.4, 0.5) is 0 Å². The van der Waals surface area contributed by atoms with Gasteiger partial charge in [0.15, 0.2) is 5.60 Å². The highest BCUT2D eigenvalue weighted by molar-refractivity contribution is 5.50. The quantitative estimate of drug-likeness (QED) is 0.364. The maximum Gasteiger partial charge on any atom is 0.186 e. The van der Waals surface area contributed by atoms with Crippen LogP contribution >= 0.6 is 0 Å². The van der Waals surface area contributed by atoms with Crippen molar-refractivity contribution in [1.82, 2.24) is 0 Å². The van der Waals surface area contributed by atoms with Gasteiger partial charge in [-0.3, -0.25) is 0 Å². The van der Waals surface area contributed by atoms with E-state index in [1.54, 1.807) is 0 Å². The molecule has 52 valence electrons. The van der Waals surface area contributed by atoms with Crippen molar-refractivity contribution in [2.75, 3.05) is 0 Å². The van der Waals surface area contributed by atoms with Crippen molar-refractivity contribution < 1.29 is 4.74 Å². The van der Waals surface area contributed by atoms with E-state index in [1.807, 2.05) is 0 Å². The Kier molecular flexibility index (Phi) is 0.590. The molecule has 2 fully saturated rings. The van der Waals surface area contributed by atoms with Crippen molar-refractivity contribution in [3.8, 4) is 0 Å². The summed E-state index contributed by atoms with van der Waals surface area (Å²) in [6, 6.07) is 0. The van der Waals surface area contributed by atoms with E-state index in [4.69, 9.17) is 4.74 Å². The molecule has 2 bridgehead atoms. The van der Waals surface area contributed by atoms with E-state index in [0.717, 1.165) is 5.92 Å². The van der Waals surface area contributed by atoms with E-state index in [2.05, 4.69) is 19.1 Å². The fraction of sp³-hybridized carbons (Fsp3) is 0.556. The Morgan fingerprint density at radius 1 is 1.80 bits per heavy atom. The summed E-state index contributed by atoms with van der Waals surface area (Å²) in [5.41, 5.74) is 1.69. The van der Waals surface area contributed by atoms with E-state index >= 15 is 0 Å². The highest BCUT2D eigenvalue weighted by Crippen LogP contribution is 2.64. The van der Waals surface area contributed by atoms with E-state index in [0.29, 0.717) is 0 Å². The lowest BCUT2D eigenvalue weighted by atomic mass is 10.0. The summed E-state index contributed by atoms with van der Waals surface area (Å²) in [5, 5.41) is 0. The van der Waals surface area contributed by atoms with Gasteiger partial charge in [0.05, 0.1) is 0 Å². The first-order chi connectivity index (χ1) is 4.85. The largest absolute Gasteiger partial charge is 0.475 e. The van der Waals surface area contributed by atoms with Crippen molar-refractivity contribution >= 4 is 0 Å². The summed E-state index contributed by atoms with van der Waals surface area (Å²) < 4.78 is 5.53. The zero-order valence-corrected chi connectivity index (χ0v) is 6.05. The van der Waals surface area contributed by atoms with Crippen LogP contribution in [0.3, 0.4) is 0 Å². The minimum atomic E-state index is 0.166. The van der Waals surface area contributed by atoms with Gasteiger partial charge in [0.2, 0.25) is 0 Å². The molecule has 1 saturated carbocycles. The Hall–Kier alpha value is -0.720. The predicted octanol–water partition coefficient (Wildman–Crippen LogP) is 2.01. The summed E-state index contributed by atoms with van der Waals surface area (Å²) in [6.45, 7) is 2.12. The average molecular weight is 134 g/mol. The summed E-state index contributed by atoms with van der Waals surface area (Å²) in [4.78, 5) is 0. The van der Waals surface area contributed by atoms with E-state index in [9.17, 15) is 0 Å². The van der Waals surface area contributed by atoms with Crippen LogP contribution in [0, 0.1) is 5.92 Å². The zero-order chi connectivity index (χ0) is 6.77. The van der Waals surface area contributed by atoms with Crippen molar-refractivity contribution in [2.45, 2.75) is 25.4 Å². The second-order valence-corrected chi connectivity index (χ2v) is 3.44. The molecule has 3 rings (SSSR count). The number of fused-ring (bicyclic) bond motifs is 1. The van der Waals surface area contributed by atoms with Gasteiger partial charge in [-0.1, -0.05) is 6.08 Å². The second kappa shape index (κ2) is 1.18. The molecule has 0 aromatic heterocycles. The topological polar surface area (TPSA) is 12.5 Å². The van der Waals surface area contributed by atoms with Crippen LogP contribution < -0.4 is 0 Å². The maximum absolute atomic E-state index is 5.53. The maximum atomic E-state index is 5.53. The zero-order valence-electron chi connectivity index (χ0n) is 6.05. The standard InChI is InChI=1S/C9H10O/c1-2-7-3-6-4-8-9(7,5-6)10-8/h2,4,6H,3,5H2,1H3. The Morgan fingerprint density at radius 2 is 2.70 bits per heavy atom. The third kappa shape index (κ3) is 0.335. The molecule has 10 heavy (non-hydrogen) atoms. The van der Waals surface area contributed by atoms with Gasteiger partial charge in [-0.2, -0.15) is 0 Å². The minimum absolute atomic E-state index is 0.166. The van der Waals surface area contributed by atoms with Gasteiger partial charge in [0, 0.05) is 6.42 Å². The lowest BCUT2D eigenvalue weighted by Crippen LogP contribution is -2.03. The van der Waals surface area contributed by atoms with E-state index in [-0.39, 0.29) is 5.60 Å². The van der Waals surface area contributed by atoms with Crippen LogP contribution in [0.15, 0.2) is 23.5 Å². The number of rotatable bonds is 0. The fourth-order valence-electron chi connectivity index (χ4n) is 2.40. The molecule has 3 aliphatic rings. The molecule has 2 aliphatic carbocycles. The summed E-state index contributed by atoms with van der Waals surface area (Å²) in [6.07, 6.45) is 7.01. The number of allylic oxidation sites excluding steroid dienone is 2. The van der Waals surface area contributed by atoms with Gasteiger partial charge in [-0.25, -0.2) is 0 Å². The Morgan fingerprint density at radius 3 is 3.20 bits per heavy atom. The first kappa shape index (κ1) is 5.00. The third-order valence-electron chi connectivity index (χ3n) is 2.93. The van der Waals surface area contributed by atoms with Crippen LogP contribution in [0.25, 0.3) is 0 Å². The van der Waals surface area contributed by atoms with Gasteiger partial charge in [0.1, 0.15) is 5.76 Å². The first-order valence-electron chi connectivity index (χ1n) is 3.92. The molecule has 1 spiro atoms. The molecule has 0 aromatic rings. The van der Waals surface area contributed by atoms with E-state index < -0.39 is 0 Å². The van der Waals surface area contributed by atoms with Crippen LogP contribution in [-0.4, -0.2) is 5.60 Å². The lowest BCUT2D eigenvalue weighted by molar-refractivity contribution is 0.336. The van der Waals surface area contributed by atoms with Crippen molar-refractivity contribution in [1.29, 1.82) is 0 Å². The molecule has 1 heterocycles. The molecule has 1 aliphatic heterocycles. The number of hydrogen-bond donors (Lipinski definition) is 0. The molecule has 1 saturated heterocycles. The Balaban J connectivity index is 2.17. The van der Waals surface area contributed by atoms with Crippen molar-refractivity contribution in [2.24, 2.45) is 5.92 Å². The highest BCUT2D eigenvalue weighted by atomic mass is 16.6. The van der Waals surface area contributed by atoms with Gasteiger partial charge < -0.3 is 4.74 Å². The van der Waals surface area contributed by atoms with Gasteiger partial charge in [-0.15, -0.1) is 0 Å². The van der Waals surface area contributed by atoms with Crippen LogP contribution in [-0.2, 0) is 4.74 Å². The van der Waals surface area contributed by atoms with Crippen molar-refractivity contribution in [3.63, 3.8) is 0 Å². The molecule has 0 N–H and O–H groups in total. The second-order valence-electron chi connectivity index (χ2n) is 3.44. The molecular formula is C9H10O. The molecule has 0 aromatic carbocycles.